The topological polar surface area (TPSA) is 47.3 Å². The van der Waals surface area contributed by atoms with Crippen molar-refractivity contribution < 1.29 is 9.26 Å². The van der Waals surface area contributed by atoms with Crippen molar-refractivity contribution in [3.05, 3.63) is 47.3 Å². The molecule has 0 radical (unpaired) electrons. The van der Waals surface area contributed by atoms with Crippen molar-refractivity contribution in [3.63, 3.8) is 0 Å². The first-order chi connectivity index (χ1) is 9.67. The number of hydrogen-bond donors (Lipinski definition) is 1. The molecule has 108 valence electrons. The van der Waals surface area contributed by atoms with Crippen LogP contribution in [0.3, 0.4) is 0 Å². The average Bonchev–Trinajstić information content (AvgIpc) is 2.84. The molecule has 0 spiro atoms. The number of rotatable bonds is 7. The summed E-state index contributed by atoms with van der Waals surface area (Å²) < 4.78 is 10.7. The van der Waals surface area contributed by atoms with Crippen LogP contribution in [0.2, 0.25) is 0 Å². The highest BCUT2D eigenvalue weighted by Crippen LogP contribution is 2.15. The quantitative estimate of drug-likeness (QED) is 0.842. The van der Waals surface area contributed by atoms with E-state index in [4.69, 9.17) is 9.26 Å². The highest BCUT2D eigenvalue weighted by molar-refractivity contribution is 5.28. The van der Waals surface area contributed by atoms with Crippen molar-refractivity contribution >= 4 is 0 Å². The molecule has 0 fully saturated rings. The average molecular weight is 274 g/mol. The SMILES string of the molecule is CCNC(C)Cc1ccc(OCc2cc(C)on2)cc1. The zero-order valence-corrected chi connectivity index (χ0v) is 12.3. The lowest BCUT2D eigenvalue weighted by molar-refractivity contribution is 0.288. The van der Waals surface area contributed by atoms with Crippen LogP contribution in [0.4, 0.5) is 0 Å². The molecule has 0 saturated carbocycles. The molecule has 0 aliphatic heterocycles. The van der Waals surface area contributed by atoms with E-state index in [1.165, 1.54) is 5.56 Å². The van der Waals surface area contributed by atoms with Crippen molar-refractivity contribution in [1.29, 1.82) is 0 Å². The van der Waals surface area contributed by atoms with Crippen molar-refractivity contribution in [3.8, 4) is 5.75 Å². The number of nitrogens with one attached hydrogen (secondary N) is 1. The molecule has 0 bridgehead atoms. The molecule has 4 nitrogen and oxygen atoms in total. The number of likely N-dealkylation sites (N-methyl/N-ethyl adjacent to an activating group) is 1. The Morgan fingerprint density at radius 2 is 2.05 bits per heavy atom. The summed E-state index contributed by atoms with van der Waals surface area (Å²) in [6.07, 6.45) is 1.02. The predicted octanol–water partition coefficient (Wildman–Crippen LogP) is 3.10. The molecule has 0 aliphatic rings. The maximum atomic E-state index is 5.67. The van der Waals surface area contributed by atoms with Gasteiger partial charge in [-0.1, -0.05) is 24.2 Å². The largest absolute Gasteiger partial charge is 0.487 e. The van der Waals surface area contributed by atoms with Crippen molar-refractivity contribution in [2.24, 2.45) is 0 Å². The van der Waals surface area contributed by atoms with E-state index in [1.807, 2.05) is 25.1 Å². The fraction of sp³-hybridized carbons (Fsp3) is 0.438. The van der Waals surface area contributed by atoms with Gasteiger partial charge in [0.05, 0.1) is 0 Å². The Balaban J connectivity index is 1.85. The summed E-state index contributed by atoms with van der Waals surface area (Å²) in [4.78, 5) is 0. The van der Waals surface area contributed by atoms with Crippen LogP contribution in [0.25, 0.3) is 0 Å². The number of ether oxygens (including phenoxy) is 1. The van der Waals surface area contributed by atoms with Gasteiger partial charge in [-0.3, -0.25) is 0 Å². The second-order valence-electron chi connectivity index (χ2n) is 5.02. The minimum absolute atomic E-state index is 0.435. The van der Waals surface area contributed by atoms with E-state index in [1.54, 1.807) is 0 Å². The molecule has 1 heterocycles. The Morgan fingerprint density at radius 1 is 1.30 bits per heavy atom. The van der Waals surface area contributed by atoms with Crippen LogP contribution < -0.4 is 10.1 Å². The summed E-state index contributed by atoms with van der Waals surface area (Å²) in [6.45, 7) is 7.63. The first-order valence-corrected chi connectivity index (χ1v) is 7.04. The number of nitrogens with zero attached hydrogens (tertiary/aromatic N) is 1. The first kappa shape index (κ1) is 14.6. The van der Waals surface area contributed by atoms with Gasteiger partial charge in [0.15, 0.2) is 0 Å². The van der Waals surface area contributed by atoms with Crippen molar-refractivity contribution in [2.45, 2.75) is 39.8 Å². The van der Waals surface area contributed by atoms with E-state index < -0.39 is 0 Å². The van der Waals surface area contributed by atoms with Gasteiger partial charge in [-0.2, -0.15) is 0 Å². The van der Waals surface area contributed by atoms with Crippen LogP contribution in [-0.4, -0.2) is 17.7 Å². The van der Waals surface area contributed by atoms with E-state index in [2.05, 4.69) is 36.5 Å². The third-order valence-corrected chi connectivity index (χ3v) is 3.08. The molecule has 1 atom stereocenters. The van der Waals surface area contributed by atoms with Crippen LogP contribution in [0.5, 0.6) is 5.75 Å². The second kappa shape index (κ2) is 7.10. The number of hydrogen-bond acceptors (Lipinski definition) is 4. The van der Waals surface area contributed by atoms with E-state index in [9.17, 15) is 0 Å². The standard InChI is InChI=1S/C16H22N2O2/c1-4-17-12(2)9-14-5-7-16(8-6-14)19-11-15-10-13(3)20-18-15/h5-8,10,12,17H,4,9,11H2,1-3H3. The smallest absolute Gasteiger partial charge is 0.134 e. The van der Waals surface area contributed by atoms with Crippen molar-refractivity contribution in [1.82, 2.24) is 10.5 Å². The third kappa shape index (κ3) is 4.38. The second-order valence-corrected chi connectivity index (χ2v) is 5.02. The normalized spacial score (nSPS) is 12.3. The fourth-order valence-electron chi connectivity index (χ4n) is 2.14. The summed E-state index contributed by atoms with van der Waals surface area (Å²) in [5, 5.41) is 7.31. The van der Waals surface area contributed by atoms with Gasteiger partial charge in [0.2, 0.25) is 0 Å². The number of benzene rings is 1. The van der Waals surface area contributed by atoms with Gasteiger partial charge in [0, 0.05) is 12.1 Å². The van der Waals surface area contributed by atoms with E-state index in [0.29, 0.717) is 12.6 Å². The maximum Gasteiger partial charge on any atom is 0.134 e. The fourth-order valence-corrected chi connectivity index (χ4v) is 2.14. The number of aromatic nitrogens is 1. The van der Waals surface area contributed by atoms with E-state index >= 15 is 0 Å². The Kier molecular flexibility index (Phi) is 5.18. The molecule has 4 heteroatoms. The Hall–Kier alpha value is -1.81. The van der Waals surface area contributed by atoms with Crippen LogP contribution in [0, 0.1) is 6.92 Å². The maximum absolute atomic E-state index is 5.67. The van der Waals surface area contributed by atoms with Gasteiger partial charge in [-0.15, -0.1) is 0 Å². The highest BCUT2D eigenvalue weighted by Gasteiger charge is 2.04. The number of aryl methyl sites for hydroxylation is 1. The molecule has 0 amide bonds. The zero-order valence-electron chi connectivity index (χ0n) is 12.3. The molecule has 1 aromatic heterocycles. The van der Waals surface area contributed by atoms with E-state index in [0.717, 1.165) is 30.2 Å². The lowest BCUT2D eigenvalue weighted by atomic mass is 10.1. The van der Waals surface area contributed by atoms with Crippen LogP contribution >= 0.6 is 0 Å². The van der Waals surface area contributed by atoms with Crippen LogP contribution in [0.1, 0.15) is 30.9 Å². The molecule has 2 rings (SSSR count). The zero-order chi connectivity index (χ0) is 14.4. The molecule has 0 saturated heterocycles. The summed E-state index contributed by atoms with van der Waals surface area (Å²) in [5.74, 6) is 1.65. The monoisotopic (exact) mass is 274 g/mol. The predicted molar refractivity (Wildman–Crippen MR) is 78.9 cm³/mol. The molecular weight excluding hydrogens is 252 g/mol. The molecule has 20 heavy (non-hydrogen) atoms. The highest BCUT2D eigenvalue weighted by atomic mass is 16.5. The molecular formula is C16H22N2O2. The molecule has 1 aromatic carbocycles. The summed E-state index contributed by atoms with van der Waals surface area (Å²) >= 11 is 0. The summed E-state index contributed by atoms with van der Waals surface area (Å²) in [5.41, 5.74) is 2.12. The van der Waals surface area contributed by atoms with Gasteiger partial charge in [-0.05, 0) is 44.5 Å². The van der Waals surface area contributed by atoms with Gasteiger partial charge in [0.25, 0.3) is 0 Å². The summed E-state index contributed by atoms with van der Waals surface area (Å²) in [6, 6.07) is 10.6. The summed E-state index contributed by atoms with van der Waals surface area (Å²) in [7, 11) is 0. The first-order valence-electron chi connectivity index (χ1n) is 7.04. The van der Waals surface area contributed by atoms with Gasteiger partial charge in [0.1, 0.15) is 23.8 Å². The van der Waals surface area contributed by atoms with Crippen molar-refractivity contribution in [2.75, 3.05) is 6.54 Å². The minimum atomic E-state index is 0.435. The third-order valence-electron chi connectivity index (χ3n) is 3.08. The molecule has 2 aromatic rings. The van der Waals surface area contributed by atoms with E-state index in [-0.39, 0.29) is 0 Å². The Morgan fingerprint density at radius 3 is 2.65 bits per heavy atom. The Labute approximate surface area is 120 Å². The molecule has 0 aliphatic carbocycles. The lowest BCUT2D eigenvalue weighted by Crippen LogP contribution is -2.27. The molecule has 1 N–H and O–H groups in total. The van der Waals surface area contributed by atoms with Gasteiger partial charge < -0.3 is 14.6 Å². The Bertz CT molecular complexity index is 520. The lowest BCUT2D eigenvalue weighted by Gasteiger charge is -2.12. The van der Waals surface area contributed by atoms with Gasteiger partial charge in [-0.25, -0.2) is 0 Å². The minimum Gasteiger partial charge on any atom is -0.487 e. The van der Waals surface area contributed by atoms with Gasteiger partial charge >= 0.3 is 0 Å². The molecule has 1 unspecified atom stereocenters. The van der Waals surface area contributed by atoms with Crippen LogP contribution in [-0.2, 0) is 13.0 Å². The van der Waals surface area contributed by atoms with Crippen LogP contribution in [0.15, 0.2) is 34.9 Å².